The van der Waals surface area contributed by atoms with E-state index in [1.54, 1.807) is 24.5 Å². The van der Waals surface area contributed by atoms with E-state index in [1.807, 2.05) is 44.0 Å². The smallest absolute Gasteiger partial charge is 0.337 e. The first-order valence-electron chi connectivity index (χ1n) is 10.9. The first kappa shape index (κ1) is 24.7. The Labute approximate surface area is 183 Å². The maximum absolute atomic E-state index is 12.9. The van der Waals surface area contributed by atoms with Gasteiger partial charge >= 0.3 is 17.7 Å². The average Bonchev–Trinajstić information content (AvgIpc) is 2.99. The number of carboxylic acid groups (broad SMARTS) is 1. The van der Waals surface area contributed by atoms with Crippen LogP contribution in [0.3, 0.4) is 0 Å². The van der Waals surface area contributed by atoms with Gasteiger partial charge in [0, 0.05) is 19.1 Å². The summed E-state index contributed by atoms with van der Waals surface area (Å²) in [5.41, 5.74) is 0.198. The van der Waals surface area contributed by atoms with Crippen LogP contribution in [-0.4, -0.2) is 57.8 Å². The Morgan fingerprint density at radius 3 is 2.35 bits per heavy atom. The molecular weight excluding hydrogens is 396 g/mol. The number of para-hydroxylation sites is 2. The molecule has 1 amide bonds. The largest absolute Gasteiger partial charge is 0.481 e. The number of carbonyl (C=O) groups is 2. The monoisotopic (exact) mass is 432 g/mol. The number of rotatable bonds is 10. The third kappa shape index (κ3) is 5.76. The van der Waals surface area contributed by atoms with Gasteiger partial charge in [-0.05, 0) is 65.8 Å². The molecule has 2 rings (SSSR count). The lowest BCUT2D eigenvalue weighted by Gasteiger charge is -2.27. The molecular formula is C23H36N4O4. The van der Waals surface area contributed by atoms with E-state index in [0.29, 0.717) is 18.6 Å². The molecule has 0 spiro atoms. The van der Waals surface area contributed by atoms with Crippen molar-refractivity contribution in [3.8, 4) is 0 Å². The van der Waals surface area contributed by atoms with Crippen molar-refractivity contribution in [2.24, 2.45) is 11.3 Å². The molecule has 2 N–H and O–H groups in total. The Hall–Kier alpha value is -2.61. The number of nitrogens with zero attached hydrogens (tertiary/aromatic N) is 3. The first-order valence-corrected chi connectivity index (χ1v) is 10.9. The summed E-state index contributed by atoms with van der Waals surface area (Å²) < 4.78 is 2.84. The summed E-state index contributed by atoms with van der Waals surface area (Å²) in [5, 5.41) is 12.2. The zero-order valence-corrected chi connectivity index (χ0v) is 19.5. The second-order valence-electron chi connectivity index (χ2n) is 9.25. The molecule has 0 aliphatic heterocycles. The van der Waals surface area contributed by atoms with Gasteiger partial charge in [0.2, 0.25) is 0 Å². The van der Waals surface area contributed by atoms with Crippen LogP contribution in [0.2, 0.25) is 0 Å². The van der Waals surface area contributed by atoms with Crippen LogP contribution in [0.15, 0.2) is 29.1 Å². The molecule has 8 heteroatoms. The van der Waals surface area contributed by atoms with Crippen molar-refractivity contribution >= 4 is 23.0 Å². The number of benzene rings is 1. The predicted molar refractivity (Wildman–Crippen MR) is 123 cm³/mol. The Morgan fingerprint density at radius 2 is 1.81 bits per heavy atom. The fraction of sp³-hybridized carbons (Fsp3) is 0.609. The summed E-state index contributed by atoms with van der Waals surface area (Å²) in [6, 6.07) is 6.84. The van der Waals surface area contributed by atoms with Gasteiger partial charge in [-0.2, -0.15) is 0 Å². The number of hydrogen-bond acceptors (Lipinski definition) is 4. The second kappa shape index (κ2) is 10.1. The number of aliphatic carboxylic acids is 1. The minimum Gasteiger partial charge on any atom is -0.481 e. The van der Waals surface area contributed by atoms with Crippen LogP contribution in [-0.2, 0) is 4.79 Å². The molecule has 0 bridgehead atoms. The highest BCUT2D eigenvalue weighted by Crippen LogP contribution is 2.18. The van der Waals surface area contributed by atoms with Crippen molar-refractivity contribution in [1.29, 1.82) is 0 Å². The third-order valence-electron chi connectivity index (χ3n) is 5.78. The van der Waals surface area contributed by atoms with Crippen molar-refractivity contribution < 1.29 is 14.7 Å². The molecule has 0 aliphatic rings. The number of carboxylic acids is 1. The van der Waals surface area contributed by atoms with Gasteiger partial charge in [0.25, 0.3) is 0 Å². The molecule has 1 atom stereocenters. The van der Waals surface area contributed by atoms with E-state index >= 15 is 0 Å². The molecule has 0 fully saturated rings. The lowest BCUT2D eigenvalue weighted by molar-refractivity contribution is -0.147. The summed E-state index contributed by atoms with van der Waals surface area (Å²) in [5.74, 6) is -0.585. The molecule has 0 saturated carbocycles. The highest BCUT2D eigenvalue weighted by Gasteiger charge is 2.28. The van der Waals surface area contributed by atoms with Gasteiger partial charge in [-0.3, -0.25) is 9.36 Å². The summed E-state index contributed by atoms with van der Waals surface area (Å²) in [6.45, 7) is 11.0. The standard InChI is InChI=1S/C23H36N4O4/c1-7-17(12-13-25(6)15-23(4,5)20(28)29)14-24-21(30)27-19-11-9-8-10-18(19)26(16(2)3)22(27)31/h8-11,16-17H,7,12-15H2,1-6H3,(H,24,30)(H,28,29). The maximum atomic E-state index is 12.9. The number of nitrogens with one attached hydrogen (secondary N) is 1. The summed E-state index contributed by atoms with van der Waals surface area (Å²) in [7, 11) is 1.91. The number of aromatic nitrogens is 2. The molecule has 1 aromatic carbocycles. The van der Waals surface area contributed by atoms with Crippen LogP contribution in [0.4, 0.5) is 4.79 Å². The number of amides is 1. The van der Waals surface area contributed by atoms with Gasteiger partial charge in [0.05, 0.1) is 16.4 Å². The number of carbonyl (C=O) groups excluding carboxylic acids is 1. The zero-order chi connectivity index (χ0) is 23.3. The van der Waals surface area contributed by atoms with E-state index in [4.69, 9.17) is 0 Å². The Bertz CT molecular complexity index is 974. The molecule has 1 heterocycles. The van der Waals surface area contributed by atoms with Gasteiger partial charge in [0.15, 0.2) is 0 Å². The molecule has 31 heavy (non-hydrogen) atoms. The van der Waals surface area contributed by atoms with Crippen LogP contribution in [0.1, 0.15) is 53.5 Å². The van der Waals surface area contributed by atoms with Crippen LogP contribution in [0.5, 0.6) is 0 Å². The molecule has 2 aromatic rings. The Balaban J connectivity index is 2.04. The van der Waals surface area contributed by atoms with Crippen LogP contribution < -0.4 is 11.0 Å². The molecule has 0 radical (unpaired) electrons. The molecule has 172 valence electrons. The number of fused-ring (bicyclic) bond motifs is 1. The summed E-state index contributed by atoms with van der Waals surface area (Å²) in [4.78, 5) is 39.1. The summed E-state index contributed by atoms with van der Waals surface area (Å²) >= 11 is 0. The molecule has 1 aromatic heterocycles. The van der Waals surface area contributed by atoms with E-state index in [-0.39, 0.29) is 17.6 Å². The lowest BCUT2D eigenvalue weighted by atomic mass is 9.93. The highest BCUT2D eigenvalue weighted by molar-refractivity contribution is 5.89. The zero-order valence-electron chi connectivity index (χ0n) is 19.5. The molecule has 0 saturated heterocycles. The second-order valence-corrected chi connectivity index (χ2v) is 9.25. The fourth-order valence-electron chi connectivity index (χ4n) is 3.85. The van der Waals surface area contributed by atoms with Crippen molar-refractivity contribution in [2.75, 3.05) is 26.7 Å². The lowest BCUT2D eigenvalue weighted by Crippen LogP contribution is -2.40. The van der Waals surface area contributed by atoms with E-state index < -0.39 is 17.4 Å². The molecule has 1 unspecified atom stereocenters. The average molecular weight is 433 g/mol. The summed E-state index contributed by atoms with van der Waals surface area (Å²) in [6.07, 6.45) is 1.70. The normalized spacial score (nSPS) is 13.2. The Morgan fingerprint density at radius 1 is 1.19 bits per heavy atom. The fourth-order valence-corrected chi connectivity index (χ4v) is 3.85. The number of imidazole rings is 1. The van der Waals surface area contributed by atoms with Crippen molar-refractivity contribution in [2.45, 2.75) is 53.5 Å². The van der Waals surface area contributed by atoms with E-state index in [2.05, 4.69) is 12.2 Å². The third-order valence-corrected chi connectivity index (χ3v) is 5.78. The van der Waals surface area contributed by atoms with Gasteiger partial charge in [-0.1, -0.05) is 25.5 Å². The predicted octanol–water partition coefficient (Wildman–Crippen LogP) is 3.40. The first-order chi connectivity index (χ1) is 14.5. The van der Waals surface area contributed by atoms with E-state index in [9.17, 15) is 19.5 Å². The van der Waals surface area contributed by atoms with Crippen LogP contribution in [0, 0.1) is 11.3 Å². The van der Waals surface area contributed by atoms with Crippen molar-refractivity contribution in [3.63, 3.8) is 0 Å². The quantitative estimate of drug-likeness (QED) is 0.600. The van der Waals surface area contributed by atoms with Gasteiger partial charge in [-0.25, -0.2) is 14.2 Å². The Kier molecular flexibility index (Phi) is 8.06. The maximum Gasteiger partial charge on any atom is 0.337 e. The number of hydrogen-bond donors (Lipinski definition) is 2. The molecule has 8 nitrogen and oxygen atoms in total. The minimum atomic E-state index is -0.815. The topological polar surface area (TPSA) is 96.6 Å². The van der Waals surface area contributed by atoms with E-state index in [0.717, 1.165) is 24.9 Å². The highest BCUT2D eigenvalue weighted by atomic mass is 16.4. The van der Waals surface area contributed by atoms with Crippen LogP contribution >= 0.6 is 0 Å². The minimum absolute atomic E-state index is 0.0552. The van der Waals surface area contributed by atoms with Crippen LogP contribution in [0.25, 0.3) is 11.0 Å². The van der Waals surface area contributed by atoms with E-state index in [1.165, 1.54) is 4.57 Å². The van der Waals surface area contributed by atoms with Crippen molar-refractivity contribution in [3.05, 3.63) is 34.7 Å². The SMILES string of the molecule is CCC(CCN(C)CC(C)(C)C(=O)O)CNC(=O)n1c(=O)n(C(C)C)c2ccccc21. The van der Waals surface area contributed by atoms with Gasteiger partial charge in [-0.15, -0.1) is 0 Å². The van der Waals surface area contributed by atoms with Gasteiger partial charge in [0.1, 0.15) is 0 Å². The van der Waals surface area contributed by atoms with Gasteiger partial charge < -0.3 is 15.3 Å². The van der Waals surface area contributed by atoms with Crippen molar-refractivity contribution in [1.82, 2.24) is 19.4 Å². The molecule has 0 aliphatic carbocycles.